The molecule has 1 aliphatic heterocycles. The van der Waals surface area contributed by atoms with E-state index in [1.807, 2.05) is 16.7 Å². The highest BCUT2D eigenvalue weighted by molar-refractivity contribution is 5.82. The van der Waals surface area contributed by atoms with Crippen LogP contribution >= 0.6 is 0 Å². The van der Waals surface area contributed by atoms with Gasteiger partial charge in [0.25, 0.3) is 0 Å². The first kappa shape index (κ1) is 22.9. The first-order valence-electron chi connectivity index (χ1n) is 10.7. The predicted octanol–water partition coefficient (Wildman–Crippen LogP) is 3.76. The van der Waals surface area contributed by atoms with Crippen LogP contribution in [-0.2, 0) is 9.59 Å². The number of amides is 2. The van der Waals surface area contributed by atoms with E-state index in [-0.39, 0.29) is 23.7 Å². The summed E-state index contributed by atoms with van der Waals surface area (Å²) in [5, 5.41) is 0. The van der Waals surface area contributed by atoms with Crippen LogP contribution in [0.15, 0.2) is 0 Å². The number of carbonyl (C=O) groups excluding carboxylic acids is 2. The van der Waals surface area contributed by atoms with Crippen LogP contribution in [0.2, 0.25) is 0 Å². The molecular weight excluding hydrogens is 326 g/mol. The molecule has 2 unspecified atom stereocenters. The zero-order valence-electron chi connectivity index (χ0n) is 17.7. The SMILES string of the molecule is CCCCC(CC)C(=O)N1CN(C(=O)C(CC)CCCC)CC(C)(N)C1. The van der Waals surface area contributed by atoms with Crippen LogP contribution < -0.4 is 5.73 Å². The Labute approximate surface area is 160 Å². The largest absolute Gasteiger partial charge is 0.323 e. The minimum absolute atomic E-state index is 0.0443. The molecule has 1 aliphatic rings. The number of hydrogen-bond acceptors (Lipinski definition) is 3. The van der Waals surface area contributed by atoms with E-state index in [9.17, 15) is 9.59 Å². The van der Waals surface area contributed by atoms with Crippen LogP contribution in [0.3, 0.4) is 0 Å². The molecule has 0 aromatic heterocycles. The lowest BCUT2D eigenvalue weighted by Gasteiger charge is -2.46. The van der Waals surface area contributed by atoms with Crippen molar-refractivity contribution in [1.29, 1.82) is 0 Å². The van der Waals surface area contributed by atoms with E-state index < -0.39 is 5.54 Å². The standard InChI is InChI=1S/C21H41N3O2/c1-6-10-12-17(8-3)19(25)23-14-21(5,22)15-24(16-23)20(26)18(9-4)13-11-7-2/h17-18H,6-16,22H2,1-5H3. The molecule has 5 heteroatoms. The summed E-state index contributed by atoms with van der Waals surface area (Å²) >= 11 is 0. The fraction of sp³-hybridized carbons (Fsp3) is 0.905. The maximum absolute atomic E-state index is 13.0. The van der Waals surface area contributed by atoms with Gasteiger partial charge in [0, 0.05) is 30.5 Å². The van der Waals surface area contributed by atoms with E-state index in [2.05, 4.69) is 27.7 Å². The first-order valence-corrected chi connectivity index (χ1v) is 10.7. The van der Waals surface area contributed by atoms with Crippen molar-refractivity contribution in [2.75, 3.05) is 19.8 Å². The second-order valence-electron chi connectivity index (χ2n) is 8.36. The van der Waals surface area contributed by atoms with Crippen molar-refractivity contribution < 1.29 is 9.59 Å². The fourth-order valence-electron chi connectivity index (χ4n) is 3.95. The Hall–Kier alpha value is -1.10. The van der Waals surface area contributed by atoms with Crippen molar-refractivity contribution in [2.24, 2.45) is 17.6 Å². The molecule has 0 saturated carbocycles. The lowest BCUT2D eigenvalue weighted by Crippen LogP contribution is -2.65. The van der Waals surface area contributed by atoms with Crippen LogP contribution in [0.5, 0.6) is 0 Å². The molecule has 26 heavy (non-hydrogen) atoms. The number of carbonyl (C=O) groups is 2. The molecule has 2 amide bonds. The predicted molar refractivity (Wildman–Crippen MR) is 107 cm³/mol. The van der Waals surface area contributed by atoms with E-state index in [0.29, 0.717) is 19.8 Å². The summed E-state index contributed by atoms with van der Waals surface area (Å²) in [5.41, 5.74) is 5.88. The van der Waals surface area contributed by atoms with Crippen LogP contribution in [0.1, 0.15) is 86.0 Å². The number of rotatable bonds is 10. The molecule has 152 valence electrons. The molecule has 0 aromatic carbocycles. The van der Waals surface area contributed by atoms with Crippen LogP contribution in [0.4, 0.5) is 0 Å². The third-order valence-electron chi connectivity index (χ3n) is 5.57. The van der Waals surface area contributed by atoms with Crippen LogP contribution in [-0.4, -0.2) is 46.9 Å². The quantitative estimate of drug-likeness (QED) is 0.639. The van der Waals surface area contributed by atoms with Crippen molar-refractivity contribution in [3.8, 4) is 0 Å². The molecule has 1 heterocycles. The van der Waals surface area contributed by atoms with Gasteiger partial charge in [-0.3, -0.25) is 9.59 Å². The highest BCUT2D eigenvalue weighted by Crippen LogP contribution is 2.24. The maximum atomic E-state index is 13.0. The third-order valence-corrected chi connectivity index (χ3v) is 5.57. The highest BCUT2D eigenvalue weighted by atomic mass is 16.2. The van der Waals surface area contributed by atoms with Gasteiger partial charge in [0.05, 0.1) is 6.67 Å². The van der Waals surface area contributed by atoms with Gasteiger partial charge in [-0.1, -0.05) is 53.4 Å². The topological polar surface area (TPSA) is 66.6 Å². The minimum atomic E-state index is -0.546. The molecule has 0 aromatic rings. The van der Waals surface area contributed by atoms with Crippen molar-refractivity contribution in [3.63, 3.8) is 0 Å². The van der Waals surface area contributed by atoms with Crippen molar-refractivity contribution >= 4 is 11.8 Å². The second-order valence-corrected chi connectivity index (χ2v) is 8.36. The maximum Gasteiger partial charge on any atom is 0.227 e. The molecule has 0 bridgehead atoms. The van der Waals surface area contributed by atoms with Crippen molar-refractivity contribution in [3.05, 3.63) is 0 Å². The Balaban J connectivity index is 2.86. The van der Waals surface area contributed by atoms with Gasteiger partial charge < -0.3 is 15.5 Å². The normalized spacial score (nSPS) is 23.0. The van der Waals surface area contributed by atoms with Crippen molar-refractivity contribution in [1.82, 2.24) is 9.80 Å². The summed E-state index contributed by atoms with van der Waals surface area (Å²) in [4.78, 5) is 29.7. The molecule has 5 nitrogen and oxygen atoms in total. The van der Waals surface area contributed by atoms with E-state index in [0.717, 1.165) is 51.4 Å². The molecule has 0 spiro atoms. The Morgan fingerprint density at radius 3 is 1.58 bits per heavy atom. The lowest BCUT2D eigenvalue weighted by atomic mass is 9.93. The molecule has 1 saturated heterocycles. The highest BCUT2D eigenvalue weighted by Gasteiger charge is 2.38. The molecule has 0 aliphatic carbocycles. The molecule has 2 N–H and O–H groups in total. The van der Waals surface area contributed by atoms with Gasteiger partial charge in [-0.05, 0) is 32.6 Å². The average Bonchev–Trinajstić information content (AvgIpc) is 2.61. The third kappa shape index (κ3) is 6.57. The van der Waals surface area contributed by atoms with Gasteiger partial charge in [0.1, 0.15) is 0 Å². The average molecular weight is 368 g/mol. The van der Waals surface area contributed by atoms with Gasteiger partial charge in [0.15, 0.2) is 0 Å². The number of nitrogens with two attached hydrogens (primary N) is 1. The van der Waals surface area contributed by atoms with Gasteiger partial charge in [-0.25, -0.2) is 0 Å². The van der Waals surface area contributed by atoms with Gasteiger partial charge in [0.2, 0.25) is 11.8 Å². The number of unbranched alkanes of at least 4 members (excludes halogenated alkanes) is 2. The molecule has 0 radical (unpaired) electrons. The van der Waals surface area contributed by atoms with Gasteiger partial charge in [-0.2, -0.15) is 0 Å². The summed E-state index contributed by atoms with van der Waals surface area (Å²) in [7, 11) is 0. The Morgan fingerprint density at radius 2 is 1.27 bits per heavy atom. The second kappa shape index (κ2) is 10.9. The number of nitrogens with zero attached hydrogens (tertiary/aromatic N) is 2. The van der Waals surface area contributed by atoms with E-state index in [1.54, 1.807) is 0 Å². The van der Waals surface area contributed by atoms with E-state index >= 15 is 0 Å². The van der Waals surface area contributed by atoms with Crippen LogP contribution in [0.25, 0.3) is 0 Å². The summed E-state index contributed by atoms with van der Waals surface area (Å²) in [5.74, 6) is 0.416. The molecule has 2 atom stereocenters. The fourth-order valence-corrected chi connectivity index (χ4v) is 3.95. The smallest absolute Gasteiger partial charge is 0.227 e. The monoisotopic (exact) mass is 367 g/mol. The summed E-state index contributed by atoms with van der Waals surface area (Å²) in [6, 6.07) is 0. The van der Waals surface area contributed by atoms with E-state index in [1.165, 1.54) is 0 Å². The molecule has 1 fully saturated rings. The number of hydrogen-bond donors (Lipinski definition) is 1. The Morgan fingerprint density at radius 1 is 0.885 bits per heavy atom. The van der Waals surface area contributed by atoms with Crippen LogP contribution in [0, 0.1) is 11.8 Å². The zero-order valence-corrected chi connectivity index (χ0v) is 17.7. The van der Waals surface area contributed by atoms with Gasteiger partial charge >= 0.3 is 0 Å². The van der Waals surface area contributed by atoms with Crippen molar-refractivity contribution in [2.45, 2.75) is 91.5 Å². The molecular formula is C21H41N3O2. The molecule has 1 rings (SSSR count). The summed E-state index contributed by atoms with van der Waals surface area (Å²) in [6.07, 6.45) is 7.86. The summed E-state index contributed by atoms with van der Waals surface area (Å²) in [6.45, 7) is 11.9. The van der Waals surface area contributed by atoms with Gasteiger partial charge in [-0.15, -0.1) is 0 Å². The Bertz CT molecular complexity index is 413. The Kier molecular flexibility index (Phi) is 9.62. The lowest BCUT2D eigenvalue weighted by molar-refractivity contribution is -0.150. The summed E-state index contributed by atoms with van der Waals surface area (Å²) < 4.78 is 0. The minimum Gasteiger partial charge on any atom is -0.323 e. The van der Waals surface area contributed by atoms with E-state index in [4.69, 9.17) is 5.73 Å². The zero-order chi connectivity index (χ0) is 19.7. The first-order chi connectivity index (χ1) is 12.3.